The van der Waals surface area contributed by atoms with Crippen LogP contribution in [0.2, 0.25) is 0 Å². The molecule has 2 amide bonds. The molecule has 0 atom stereocenters. The number of amides is 2. The van der Waals surface area contributed by atoms with Crippen molar-refractivity contribution in [3.05, 3.63) is 89.2 Å². The van der Waals surface area contributed by atoms with Gasteiger partial charge in [-0.25, -0.2) is 4.39 Å². The Morgan fingerprint density at radius 1 is 0.933 bits per heavy atom. The summed E-state index contributed by atoms with van der Waals surface area (Å²) in [5.41, 5.74) is 5.12. The first-order valence-corrected chi connectivity index (χ1v) is 10.1. The van der Waals surface area contributed by atoms with Crippen LogP contribution >= 0.6 is 11.9 Å². The van der Waals surface area contributed by atoms with Crippen molar-refractivity contribution in [1.82, 2.24) is 15.2 Å². The van der Waals surface area contributed by atoms with Crippen molar-refractivity contribution in [1.29, 1.82) is 0 Å². The third-order valence-corrected chi connectivity index (χ3v) is 5.16. The highest BCUT2D eigenvalue weighted by Crippen LogP contribution is 2.25. The minimum atomic E-state index is -0.569. The highest BCUT2D eigenvalue weighted by atomic mass is 32.2. The predicted molar refractivity (Wildman–Crippen MR) is 117 cm³/mol. The molecule has 0 aliphatic heterocycles. The molecule has 0 aliphatic rings. The minimum absolute atomic E-state index is 0.0334. The van der Waals surface area contributed by atoms with Gasteiger partial charge in [-0.3, -0.25) is 15.0 Å². The Labute approximate surface area is 179 Å². The number of aryl methyl sites for hydroxylation is 1. The number of halogens is 1. The lowest BCUT2D eigenvalue weighted by Crippen LogP contribution is -2.33. The topological polar surface area (TPSA) is 61.4 Å². The van der Waals surface area contributed by atoms with E-state index in [2.05, 4.69) is 10.3 Å². The summed E-state index contributed by atoms with van der Waals surface area (Å²) in [6.45, 7) is 1.64. The van der Waals surface area contributed by atoms with Gasteiger partial charge < -0.3 is 4.90 Å². The van der Waals surface area contributed by atoms with Crippen LogP contribution in [-0.2, 0) is 0 Å². The van der Waals surface area contributed by atoms with E-state index >= 15 is 0 Å². The third-order valence-electron chi connectivity index (χ3n) is 4.45. The summed E-state index contributed by atoms with van der Waals surface area (Å²) in [5, 5.41) is 0. The SMILES string of the molecule is Cc1cc(-c2ccccc2)cc(C(=O)NNSc2ccc(C(=O)N(C)C)cc2)c1F. The van der Waals surface area contributed by atoms with Crippen LogP contribution in [-0.4, -0.2) is 30.8 Å². The maximum atomic E-state index is 14.6. The molecule has 154 valence electrons. The Hall–Kier alpha value is -3.16. The van der Waals surface area contributed by atoms with Gasteiger partial charge in [0.15, 0.2) is 0 Å². The molecule has 2 N–H and O–H groups in total. The number of rotatable bonds is 6. The quantitative estimate of drug-likeness (QED) is 0.454. The first-order chi connectivity index (χ1) is 14.4. The average molecular weight is 424 g/mol. The van der Waals surface area contributed by atoms with Crippen LogP contribution in [0.4, 0.5) is 4.39 Å². The fourth-order valence-corrected chi connectivity index (χ4v) is 3.39. The number of hydrogen-bond donors (Lipinski definition) is 2. The van der Waals surface area contributed by atoms with Gasteiger partial charge in [-0.2, -0.15) is 4.83 Å². The molecule has 0 heterocycles. The molecule has 0 saturated heterocycles. The van der Waals surface area contributed by atoms with Crippen molar-refractivity contribution in [2.75, 3.05) is 14.1 Å². The summed E-state index contributed by atoms with van der Waals surface area (Å²) in [4.78, 5) is 29.5. The molecular weight excluding hydrogens is 401 g/mol. The Kier molecular flexibility index (Phi) is 6.87. The monoisotopic (exact) mass is 423 g/mol. The van der Waals surface area contributed by atoms with E-state index in [0.29, 0.717) is 11.1 Å². The van der Waals surface area contributed by atoms with E-state index in [9.17, 15) is 14.0 Å². The fourth-order valence-electron chi connectivity index (χ4n) is 2.85. The van der Waals surface area contributed by atoms with E-state index in [-0.39, 0.29) is 11.5 Å². The largest absolute Gasteiger partial charge is 0.345 e. The van der Waals surface area contributed by atoms with Crippen LogP contribution in [0.3, 0.4) is 0 Å². The molecule has 0 radical (unpaired) electrons. The van der Waals surface area contributed by atoms with Crippen molar-refractivity contribution >= 4 is 23.8 Å². The van der Waals surface area contributed by atoms with Crippen LogP contribution in [0.25, 0.3) is 11.1 Å². The van der Waals surface area contributed by atoms with Gasteiger partial charge in [0, 0.05) is 24.6 Å². The zero-order valence-corrected chi connectivity index (χ0v) is 17.7. The van der Waals surface area contributed by atoms with Crippen molar-refractivity contribution in [2.24, 2.45) is 0 Å². The molecule has 0 aromatic heterocycles. The number of carbonyl (C=O) groups excluding carboxylic acids is 2. The summed E-state index contributed by atoms with van der Waals surface area (Å²) in [6, 6.07) is 19.7. The van der Waals surface area contributed by atoms with Gasteiger partial charge in [-0.15, -0.1) is 0 Å². The Morgan fingerprint density at radius 3 is 2.23 bits per heavy atom. The highest BCUT2D eigenvalue weighted by molar-refractivity contribution is 7.97. The molecule has 0 spiro atoms. The van der Waals surface area contributed by atoms with Gasteiger partial charge in [-0.1, -0.05) is 30.3 Å². The number of hydrogen-bond acceptors (Lipinski definition) is 4. The van der Waals surface area contributed by atoms with Gasteiger partial charge in [0.25, 0.3) is 11.8 Å². The lowest BCUT2D eigenvalue weighted by molar-refractivity contribution is 0.0827. The Bertz CT molecular complexity index is 1050. The predicted octanol–water partition coefficient (Wildman–Crippen LogP) is 4.44. The van der Waals surface area contributed by atoms with Crippen molar-refractivity contribution in [3.63, 3.8) is 0 Å². The maximum Gasteiger partial charge on any atom is 0.269 e. The standard InChI is InChI=1S/C23H22FN3O2S/c1-15-13-18(16-7-5-4-6-8-16)14-20(21(15)24)22(28)25-26-30-19-11-9-17(10-12-19)23(29)27(2)3/h4-14,26H,1-3H3,(H,25,28). The second-order valence-electron chi connectivity index (χ2n) is 6.90. The molecular formula is C23H22FN3O2S. The second-order valence-corrected chi connectivity index (χ2v) is 7.78. The number of benzene rings is 3. The first-order valence-electron chi connectivity index (χ1n) is 9.26. The van der Waals surface area contributed by atoms with E-state index in [1.54, 1.807) is 57.4 Å². The first kappa shape index (κ1) is 21.5. The molecule has 30 heavy (non-hydrogen) atoms. The second kappa shape index (κ2) is 9.56. The van der Waals surface area contributed by atoms with Gasteiger partial charge >= 0.3 is 0 Å². The van der Waals surface area contributed by atoms with E-state index in [1.165, 1.54) is 4.90 Å². The summed E-state index contributed by atoms with van der Waals surface area (Å²) in [7, 11) is 3.38. The number of nitrogens with zero attached hydrogens (tertiary/aromatic N) is 1. The summed E-state index contributed by atoms with van der Waals surface area (Å²) >= 11 is 1.15. The van der Waals surface area contributed by atoms with Crippen molar-refractivity contribution in [3.8, 4) is 11.1 Å². The van der Waals surface area contributed by atoms with Crippen LogP contribution in [0, 0.1) is 12.7 Å². The lowest BCUT2D eigenvalue weighted by atomic mass is 9.99. The minimum Gasteiger partial charge on any atom is -0.345 e. The van der Waals surface area contributed by atoms with Crippen LogP contribution < -0.4 is 10.3 Å². The average Bonchev–Trinajstić information content (AvgIpc) is 2.76. The normalized spacial score (nSPS) is 10.5. The highest BCUT2D eigenvalue weighted by Gasteiger charge is 2.16. The van der Waals surface area contributed by atoms with E-state index in [4.69, 9.17) is 0 Å². The van der Waals surface area contributed by atoms with Gasteiger partial charge in [0.2, 0.25) is 0 Å². The van der Waals surface area contributed by atoms with E-state index in [0.717, 1.165) is 28.0 Å². The summed E-state index contributed by atoms with van der Waals surface area (Å²) < 4.78 is 14.6. The molecule has 7 heteroatoms. The Morgan fingerprint density at radius 2 is 1.60 bits per heavy atom. The zero-order valence-electron chi connectivity index (χ0n) is 16.9. The third kappa shape index (κ3) is 5.06. The van der Waals surface area contributed by atoms with Gasteiger partial charge in [0.05, 0.1) is 5.56 Å². The number of hydrazine groups is 1. The molecule has 5 nitrogen and oxygen atoms in total. The van der Waals surface area contributed by atoms with Crippen LogP contribution in [0.1, 0.15) is 26.3 Å². The molecule has 0 bridgehead atoms. The van der Waals surface area contributed by atoms with Crippen LogP contribution in [0.15, 0.2) is 71.6 Å². The molecule has 3 rings (SSSR count). The van der Waals surface area contributed by atoms with E-state index in [1.807, 2.05) is 30.3 Å². The lowest BCUT2D eigenvalue weighted by Gasteiger charge is -2.12. The molecule has 0 saturated carbocycles. The van der Waals surface area contributed by atoms with Crippen molar-refractivity contribution < 1.29 is 14.0 Å². The molecule has 3 aromatic rings. The van der Waals surface area contributed by atoms with Gasteiger partial charge in [-0.05, 0) is 72.0 Å². The van der Waals surface area contributed by atoms with Crippen LogP contribution in [0.5, 0.6) is 0 Å². The maximum absolute atomic E-state index is 14.6. The fraction of sp³-hybridized carbons (Fsp3) is 0.130. The zero-order chi connectivity index (χ0) is 21.7. The molecule has 0 unspecified atom stereocenters. The Balaban J connectivity index is 1.66. The molecule has 3 aromatic carbocycles. The molecule has 0 fully saturated rings. The smallest absolute Gasteiger partial charge is 0.269 e. The van der Waals surface area contributed by atoms with E-state index < -0.39 is 11.7 Å². The van der Waals surface area contributed by atoms with Gasteiger partial charge in [0.1, 0.15) is 5.82 Å². The number of carbonyl (C=O) groups is 2. The summed E-state index contributed by atoms with van der Waals surface area (Å²) in [5.74, 6) is -1.21. The van der Waals surface area contributed by atoms with Crippen molar-refractivity contribution in [2.45, 2.75) is 11.8 Å². The molecule has 0 aliphatic carbocycles. The summed E-state index contributed by atoms with van der Waals surface area (Å²) in [6.07, 6.45) is 0. The number of nitrogens with one attached hydrogen (secondary N) is 2.